The van der Waals surface area contributed by atoms with Crippen LogP contribution in [0.15, 0.2) is 218 Å². The molecule has 0 radical (unpaired) electrons. The standard InChI is InChI=1S/C55H50O8P2/c1-41(43-17-9-5-10-18-43)45-25-33-51(34-26-45)60-64(56,58-49-21-13-7-14-22-49)62-53-37-29-47(30-38-53)55(3,4)48-31-39-54(40-32-48)63-65(57,59-50-23-15-8-16-24-50)61-52-35-27-46(28-36-52)42(2)44-19-11-6-12-20-44/h5-42H,1-4H3. The van der Waals surface area contributed by atoms with E-state index in [1.165, 1.54) is 11.1 Å². The molecule has 328 valence electrons. The summed E-state index contributed by atoms with van der Waals surface area (Å²) in [7, 11) is -8.48. The van der Waals surface area contributed by atoms with Crippen molar-refractivity contribution >= 4 is 15.6 Å². The zero-order valence-electron chi connectivity index (χ0n) is 36.6. The van der Waals surface area contributed by atoms with E-state index in [1.807, 2.05) is 97.1 Å². The first-order chi connectivity index (χ1) is 31.4. The summed E-state index contributed by atoms with van der Waals surface area (Å²) in [5.41, 5.74) is 5.95. The third-order valence-corrected chi connectivity index (χ3v) is 13.9. The minimum absolute atomic E-state index is 0.157. The summed E-state index contributed by atoms with van der Waals surface area (Å²) in [5.74, 6) is 2.29. The Balaban J connectivity index is 0.963. The molecule has 8 aromatic carbocycles. The molecule has 0 N–H and O–H groups in total. The van der Waals surface area contributed by atoms with Gasteiger partial charge in [-0.1, -0.05) is 173 Å². The van der Waals surface area contributed by atoms with Gasteiger partial charge in [-0.15, -0.1) is 0 Å². The van der Waals surface area contributed by atoms with Gasteiger partial charge in [0.25, 0.3) is 0 Å². The van der Waals surface area contributed by atoms with Crippen molar-refractivity contribution < 1.29 is 36.3 Å². The quantitative estimate of drug-likeness (QED) is 0.0787. The predicted molar refractivity (Wildman–Crippen MR) is 258 cm³/mol. The zero-order chi connectivity index (χ0) is 45.3. The van der Waals surface area contributed by atoms with E-state index < -0.39 is 21.1 Å². The Labute approximate surface area is 381 Å². The smallest absolute Gasteiger partial charge is 0.386 e. The second kappa shape index (κ2) is 19.8. The Hall–Kier alpha value is -6.98. The van der Waals surface area contributed by atoms with Crippen LogP contribution < -0.4 is 27.1 Å². The first-order valence-electron chi connectivity index (χ1n) is 21.4. The number of phosphoric ester groups is 2. The first kappa shape index (κ1) is 44.6. The maximum absolute atomic E-state index is 14.4. The molecule has 4 atom stereocenters. The molecule has 4 unspecified atom stereocenters. The van der Waals surface area contributed by atoms with Gasteiger partial charge >= 0.3 is 15.6 Å². The molecule has 0 amide bonds. The normalized spacial score (nSPS) is 14.1. The maximum Gasteiger partial charge on any atom is 0.647 e. The molecule has 0 saturated carbocycles. The van der Waals surface area contributed by atoms with Crippen LogP contribution in [-0.2, 0) is 14.5 Å². The van der Waals surface area contributed by atoms with E-state index in [-0.39, 0.29) is 11.8 Å². The largest absolute Gasteiger partial charge is 0.647 e. The molecule has 8 rings (SSSR count). The van der Waals surface area contributed by atoms with Gasteiger partial charge in [0.2, 0.25) is 0 Å². The highest BCUT2D eigenvalue weighted by Crippen LogP contribution is 2.52. The van der Waals surface area contributed by atoms with Crippen molar-refractivity contribution in [2.75, 3.05) is 0 Å². The van der Waals surface area contributed by atoms with Gasteiger partial charge in [0.15, 0.2) is 0 Å². The molecule has 0 fully saturated rings. The van der Waals surface area contributed by atoms with Crippen LogP contribution in [0.5, 0.6) is 34.5 Å². The van der Waals surface area contributed by atoms with E-state index in [2.05, 4.69) is 52.0 Å². The summed E-state index contributed by atoms with van der Waals surface area (Å²) < 4.78 is 64.7. The number of hydrogen-bond acceptors (Lipinski definition) is 8. The van der Waals surface area contributed by atoms with Crippen molar-refractivity contribution in [1.29, 1.82) is 0 Å². The molecule has 0 saturated heterocycles. The second-order valence-electron chi connectivity index (χ2n) is 16.1. The second-order valence-corrected chi connectivity index (χ2v) is 19.0. The topological polar surface area (TPSA) is 89.5 Å². The fraction of sp³-hybridized carbons (Fsp3) is 0.127. The van der Waals surface area contributed by atoms with Gasteiger partial charge in [-0.2, -0.15) is 9.13 Å². The highest BCUT2D eigenvalue weighted by molar-refractivity contribution is 7.50. The minimum atomic E-state index is -4.24. The van der Waals surface area contributed by atoms with Crippen LogP contribution in [0.25, 0.3) is 0 Å². The van der Waals surface area contributed by atoms with Gasteiger partial charge in [0, 0.05) is 17.3 Å². The lowest BCUT2D eigenvalue weighted by molar-refractivity contribution is 0.296. The molecule has 10 heteroatoms. The lowest BCUT2D eigenvalue weighted by Crippen LogP contribution is -2.18. The van der Waals surface area contributed by atoms with Gasteiger partial charge in [-0.25, -0.2) is 0 Å². The molecule has 0 bridgehead atoms. The molecule has 0 aliphatic rings. The molecule has 0 heterocycles. The van der Waals surface area contributed by atoms with Gasteiger partial charge in [-0.05, 0) is 106 Å². The molecular weight excluding hydrogens is 851 g/mol. The number of para-hydroxylation sites is 2. The van der Waals surface area contributed by atoms with Gasteiger partial charge in [0.1, 0.15) is 34.5 Å². The highest BCUT2D eigenvalue weighted by Gasteiger charge is 2.35. The minimum Gasteiger partial charge on any atom is -0.386 e. The van der Waals surface area contributed by atoms with Crippen LogP contribution in [-0.4, -0.2) is 0 Å². The van der Waals surface area contributed by atoms with Crippen molar-refractivity contribution in [3.05, 3.63) is 252 Å². The number of phosphoric acid groups is 2. The van der Waals surface area contributed by atoms with Crippen molar-refractivity contribution in [3.63, 3.8) is 0 Å². The van der Waals surface area contributed by atoms with Crippen LogP contribution in [0, 0.1) is 0 Å². The average Bonchev–Trinajstić information content (AvgIpc) is 3.33. The number of hydrogen-bond donors (Lipinski definition) is 0. The van der Waals surface area contributed by atoms with E-state index in [4.69, 9.17) is 27.1 Å². The van der Waals surface area contributed by atoms with Crippen LogP contribution in [0.2, 0.25) is 0 Å². The Bertz CT molecular complexity index is 2640. The molecule has 0 aliphatic carbocycles. The lowest BCUT2D eigenvalue weighted by atomic mass is 9.78. The summed E-state index contributed by atoms with van der Waals surface area (Å²) in [5, 5.41) is 0. The van der Waals surface area contributed by atoms with E-state index in [9.17, 15) is 9.13 Å². The molecule has 8 aromatic rings. The summed E-state index contributed by atoms with van der Waals surface area (Å²) in [6.45, 7) is 8.45. The fourth-order valence-corrected chi connectivity index (χ4v) is 9.89. The Morgan fingerprint density at radius 1 is 0.308 bits per heavy atom. The molecule has 65 heavy (non-hydrogen) atoms. The molecule has 0 aliphatic heterocycles. The molecule has 0 aromatic heterocycles. The van der Waals surface area contributed by atoms with Crippen LogP contribution in [0.4, 0.5) is 0 Å². The number of benzene rings is 8. The van der Waals surface area contributed by atoms with Crippen molar-refractivity contribution in [2.45, 2.75) is 44.9 Å². The number of rotatable bonds is 18. The Morgan fingerprint density at radius 3 is 0.800 bits per heavy atom. The lowest BCUT2D eigenvalue weighted by Gasteiger charge is -2.27. The Morgan fingerprint density at radius 2 is 0.523 bits per heavy atom. The SMILES string of the molecule is CC(c1ccccc1)c1ccc(OP(=O)(Oc2ccccc2)Oc2ccc(C(C)(C)c3ccc(OP(=O)(Oc4ccccc4)Oc4ccc(C(C)c5ccccc5)cc4)cc3)cc2)cc1. The van der Waals surface area contributed by atoms with Crippen LogP contribution in [0.1, 0.15) is 72.9 Å². The van der Waals surface area contributed by atoms with E-state index in [0.29, 0.717) is 34.5 Å². The summed E-state index contributed by atoms with van der Waals surface area (Å²) in [6, 6.07) is 67.6. The van der Waals surface area contributed by atoms with E-state index >= 15 is 0 Å². The van der Waals surface area contributed by atoms with Crippen LogP contribution >= 0.6 is 15.6 Å². The summed E-state index contributed by atoms with van der Waals surface area (Å²) in [6.07, 6.45) is 0. The highest BCUT2D eigenvalue weighted by atomic mass is 31.2. The zero-order valence-corrected chi connectivity index (χ0v) is 38.4. The maximum atomic E-state index is 14.4. The monoisotopic (exact) mass is 900 g/mol. The fourth-order valence-electron chi connectivity index (χ4n) is 7.38. The Kier molecular flexibility index (Phi) is 13.6. The van der Waals surface area contributed by atoms with E-state index in [1.54, 1.807) is 97.1 Å². The van der Waals surface area contributed by atoms with Gasteiger partial charge < -0.3 is 27.1 Å². The average molecular weight is 901 g/mol. The van der Waals surface area contributed by atoms with E-state index in [0.717, 1.165) is 22.3 Å². The molecule has 8 nitrogen and oxygen atoms in total. The van der Waals surface area contributed by atoms with Crippen molar-refractivity contribution in [2.24, 2.45) is 0 Å². The van der Waals surface area contributed by atoms with Crippen molar-refractivity contribution in [3.8, 4) is 34.5 Å². The molecule has 0 spiro atoms. The summed E-state index contributed by atoms with van der Waals surface area (Å²) in [4.78, 5) is 0. The predicted octanol–water partition coefficient (Wildman–Crippen LogP) is 15.6. The summed E-state index contributed by atoms with van der Waals surface area (Å²) >= 11 is 0. The third kappa shape index (κ3) is 11.4. The van der Waals surface area contributed by atoms with Crippen LogP contribution in [0.3, 0.4) is 0 Å². The first-order valence-corrected chi connectivity index (χ1v) is 24.3. The van der Waals surface area contributed by atoms with Gasteiger partial charge in [-0.3, -0.25) is 0 Å². The van der Waals surface area contributed by atoms with Crippen molar-refractivity contribution in [1.82, 2.24) is 0 Å². The third-order valence-electron chi connectivity index (χ3n) is 11.3. The van der Waals surface area contributed by atoms with Gasteiger partial charge in [0.05, 0.1) is 0 Å². The molecular formula is C55H50O8P2.